The number of carbonyl (C=O) groups is 1. The van der Waals surface area contributed by atoms with Crippen LogP contribution in [-0.2, 0) is 11.3 Å². The molecule has 0 aliphatic rings. The van der Waals surface area contributed by atoms with Crippen LogP contribution < -0.4 is 5.32 Å². The zero-order chi connectivity index (χ0) is 15.6. The van der Waals surface area contributed by atoms with Gasteiger partial charge in [0, 0.05) is 0 Å². The van der Waals surface area contributed by atoms with Gasteiger partial charge < -0.3 is 15.4 Å². The Bertz CT molecular complexity index is 512. The molecule has 112 valence electrons. The minimum Gasteiger partial charge on any atom is -0.390 e. The third-order valence-electron chi connectivity index (χ3n) is 2.09. The molecule has 1 atom stereocenters. The van der Waals surface area contributed by atoms with Gasteiger partial charge in [0.25, 0.3) is 5.91 Å². The second kappa shape index (κ2) is 5.38. The molecule has 1 unspecified atom stereocenters. The van der Waals surface area contributed by atoms with Gasteiger partial charge >= 0.3 is 18.0 Å². The number of carbonyl (C=O) groups excluding carboxylic acids is 1. The smallest absolute Gasteiger partial charge is 0.390 e. The summed E-state index contributed by atoms with van der Waals surface area (Å²) in [6.07, 6.45) is -3.80. The van der Waals surface area contributed by atoms with Crippen molar-refractivity contribution in [3.05, 3.63) is 22.5 Å². The molecule has 1 aromatic heterocycles. The maximum Gasteiger partial charge on any atom is 0.455 e. The summed E-state index contributed by atoms with van der Waals surface area (Å²) in [5, 5.41) is 11.8. The van der Waals surface area contributed by atoms with Gasteiger partial charge in [-0.1, -0.05) is 4.98 Å². The first kappa shape index (κ1) is 15.8. The monoisotopic (exact) mass is 299 g/mol. The van der Waals surface area contributed by atoms with Crippen LogP contribution in [0.5, 0.6) is 0 Å². The molecule has 12 heteroatoms. The van der Waals surface area contributed by atoms with Gasteiger partial charge in [0.1, 0.15) is 12.4 Å². The van der Waals surface area contributed by atoms with Crippen molar-refractivity contribution in [3.8, 4) is 0 Å². The van der Waals surface area contributed by atoms with E-state index in [0.29, 0.717) is 4.57 Å². The zero-order valence-electron chi connectivity index (χ0n) is 9.53. The number of nitrogens with one attached hydrogen (secondary N) is 1. The van der Waals surface area contributed by atoms with Crippen molar-refractivity contribution >= 4 is 11.9 Å². The van der Waals surface area contributed by atoms with Crippen molar-refractivity contribution < 1.29 is 31.7 Å². The van der Waals surface area contributed by atoms with E-state index in [1.54, 1.807) is 0 Å². The maximum atomic E-state index is 12.5. The van der Waals surface area contributed by atoms with Crippen molar-refractivity contribution in [2.24, 2.45) is 0 Å². The number of alkyl halides is 5. The maximum absolute atomic E-state index is 12.5. The van der Waals surface area contributed by atoms with Gasteiger partial charge in [0.2, 0.25) is 0 Å². The van der Waals surface area contributed by atoms with Crippen LogP contribution in [-0.4, -0.2) is 39.0 Å². The molecule has 1 aromatic rings. The molecule has 1 amide bonds. The first-order valence-electron chi connectivity index (χ1n) is 4.91. The number of nitrogens with zero attached hydrogens (tertiary/aromatic N) is 3. The Kier molecular flexibility index (Phi) is 4.25. The summed E-state index contributed by atoms with van der Waals surface area (Å²) < 4.78 is 61.2. The number of hydrogen-bond donors (Lipinski definition) is 1. The highest BCUT2D eigenvalue weighted by Gasteiger charge is 2.57. The van der Waals surface area contributed by atoms with E-state index in [4.69, 9.17) is 0 Å². The van der Waals surface area contributed by atoms with E-state index >= 15 is 0 Å². The molecular formula is C8H7F5N4O3. The molecule has 0 fully saturated rings. The molecule has 7 nitrogen and oxygen atoms in total. The van der Waals surface area contributed by atoms with Gasteiger partial charge in [0.05, 0.1) is 6.54 Å². The molecule has 20 heavy (non-hydrogen) atoms. The number of rotatable bonds is 5. The summed E-state index contributed by atoms with van der Waals surface area (Å²) in [7, 11) is 0. The van der Waals surface area contributed by atoms with Crippen molar-refractivity contribution in [2.45, 2.75) is 18.6 Å². The van der Waals surface area contributed by atoms with Crippen molar-refractivity contribution in [3.63, 3.8) is 0 Å². The minimum absolute atomic E-state index is 0.696. The highest BCUT2D eigenvalue weighted by molar-refractivity contribution is 5.76. The zero-order valence-corrected chi connectivity index (χ0v) is 9.53. The lowest BCUT2D eigenvalue weighted by molar-refractivity contribution is -0.396. The fourth-order valence-electron chi connectivity index (χ4n) is 1.12. The summed E-state index contributed by atoms with van der Waals surface area (Å²) in [4.78, 5) is 24.0. The van der Waals surface area contributed by atoms with E-state index in [9.17, 15) is 36.9 Å². The van der Waals surface area contributed by atoms with Crippen LogP contribution in [0, 0.1) is 10.1 Å². The molecule has 0 saturated heterocycles. The lowest BCUT2D eigenvalue weighted by atomic mass is 10.3. The summed E-state index contributed by atoms with van der Waals surface area (Å²) in [5.74, 6) is -7.05. The van der Waals surface area contributed by atoms with E-state index < -0.39 is 42.0 Å². The van der Waals surface area contributed by atoms with Crippen LogP contribution >= 0.6 is 0 Å². The summed E-state index contributed by atoms with van der Waals surface area (Å²) in [5.41, 5.74) is 0. The molecule has 0 saturated carbocycles. The Balaban J connectivity index is 2.61. The number of hydrogen-bond acceptors (Lipinski definition) is 4. The lowest BCUT2D eigenvalue weighted by Gasteiger charge is -2.19. The molecule has 0 radical (unpaired) electrons. The second-order valence-corrected chi connectivity index (χ2v) is 3.59. The van der Waals surface area contributed by atoms with E-state index in [2.05, 4.69) is 4.98 Å². The standard InChI is InChI=1S/C8H7F5N4O3/c9-7(10,8(11,12)13)4-15-5(18)3-16-2-1-14-6(16)17(19)20/h1-2H,3-4H2,(H,15,18)/i9-1,11-1,12-1. The van der Waals surface area contributed by atoms with E-state index in [1.807, 2.05) is 0 Å². The predicted molar refractivity (Wildman–Crippen MR) is 52.9 cm³/mol. The average Bonchev–Trinajstić information content (AvgIpc) is 2.73. The topological polar surface area (TPSA) is 90.1 Å². The summed E-state index contributed by atoms with van der Waals surface area (Å²) in [6, 6.07) is 0. The summed E-state index contributed by atoms with van der Waals surface area (Å²) in [6.45, 7) is -2.75. The largest absolute Gasteiger partial charge is 0.455 e. The molecule has 0 aromatic carbocycles. The van der Waals surface area contributed by atoms with Crippen LogP contribution in [0.3, 0.4) is 0 Å². The Morgan fingerprint density at radius 3 is 2.50 bits per heavy atom. The SMILES string of the molecule is O=C(Cn1ccnc1[N+](=O)[O-])NCC(F)([18F])C(F)([18F])[18F]. The Labute approximate surface area is 107 Å². The van der Waals surface area contributed by atoms with E-state index in [0.717, 1.165) is 12.4 Å². The van der Waals surface area contributed by atoms with Crippen molar-refractivity contribution in [1.82, 2.24) is 14.9 Å². The van der Waals surface area contributed by atoms with Gasteiger partial charge in [-0.15, -0.1) is 0 Å². The van der Waals surface area contributed by atoms with Gasteiger partial charge in [-0.05, 0) is 4.92 Å². The lowest BCUT2D eigenvalue weighted by Crippen LogP contribution is -2.47. The number of aromatic nitrogens is 2. The average molecular weight is 299 g/mol. The Hall–Kier alpha value is -2.27. The highest BCUT2D eigenvalue weighted by atomic mass is 19.2. The van der Waals surface area contributed by atoms with Gasteiger partial charge in [-0.25, -0.2) is 4.57 Å². The highest BCUT2D eigenvalue weighted by Crippen LogP contribution is 2.34. The van der Waals surface area contributed by atoms with Crippen LogP contribution in [0.1, 0.15) is 0 Å². The molecule has 0 aliphatic heterocycles. The molecule has 0 bridgehead atoms. The van der Waals surface area contributed by atoms with Gasteiger partial charge in [0.15, 0.2) is 6.54 Å². The van der Waals surface area contributed by atoms with E-state index in [-0.39, 0.29) is 0 Å². The van der Waals surface area contributed by atoms with Crippen molar-refractivity contribution in [2.75, 3.05) is 6.54 Å². The molecular weight excluding hydrogens is 292 g/mol. The van der Waals surface area contributed by atoms with Crippen LogP contribution in [0.2, 0.25) is 0 Å². The molecule has 0 aliphatic carbocycles. The second-order valence-electron chi connectivity index (χ2n) is 3.59. The first-order valence-corrected chi connectivity index (χ1v) is 4.91. The van der Waals surface area contributed by atoms with Gasteiger partial charge in [-0.2, -0.15) is 22.0 Å². The number of halogens is 5. The molecule has 1 heterocycles. The fourth-order valence-corrected chi connectivity index (χ4v) is 1.12. The fraction of sp³-hybridized carbons (Fsp3) is 0.500. The predicted octanol–water partition coefficient (Wildman–Crippen LogP) is 1.11. The minimum atomic E-state index is -5.79. The number of imidazole rings is 1. The molecule has 0 spiro atoms. The Morgan fingerprint density at radius 2 is 2.00 bits per heavy atom. The summed E-state index contributed by atoms with van der Waals surface area (Å²) >= 11 is 0. The third kappa shape index (κ3) is 3.61. The Morgan fingerprint density at radius 1 is 1.40 bits per heavy atom. The molecule has 1 rings (SSSR count). The number of nitro groups is 1. The molecule has 1 N–H and O–H groups in total. The third-order valence-corrected chi connectivity index (χ3v) is 2.09. The normalized spacial score (nSPS) is 14.7. The number of amides is 1. The van der Waals surface area contributed by atoms with Gasteiger partial charge in [-0.3, -0.25) is 4.79 Å². The van der Waals surface area contributed by atoms with Crippen LogP contribution in [0.25, 0.3) is 0 Å². The quantitative estimate of drug-likeness (QED) is 0.501. The van der Waals surface area contributed by atoms with Crippen LogP contribution in [0.15, 0.2) is 12.4 Å². The van der Waals surface area contributed by atoms with E-state index in [1.165, 1.54) is 5.32 Å². The first-order chi connectivity index (χ1) is 9.04. The van der Waals surface area contributed by atoms with Crippen LogP contribution in [0.4, 0.5) is 27.9 Å². The van der Waals surface area contributed by atoms with Crippen molar-refractivity contribution in [1.29, 1.82) is 0 Å².